The van der Waals surface area contributed by atoms with E-state index in [4.69, 9.17) is 0 Å². The zero-order valence-electron chi connectivity index (χ0n) is 13.3. The largest absolute Gasteiger partial charge is 0.355 e. The van der Waals surface area contributed by atoms with Crippen molar-refractivity contribution >= 4 is 23.6 Å². The highest BCUT2D eigenvalue weighted by Crippen LogP contribution is 2.19. The molecule has 1 aromatic rings. The molecule has 0 unspecified atom stereocenters. The molecule has 1 aliphatic heterocycles. The summed E-state index contributed by atoms with van der Waals surface area (Å²) in [7, 11) is 0. The van der Waals surface area contributed by atoms with Gasteiger partial charge in [-0.25, -0.2) is 0 Å². The molecule has 5 heteroatoms. The molecule has 1 heterocycles. The summed E-state index contributed by atoms with van der Waals surface area (Å²) in [4.78, 5) is 26.8. The van der Waals surface area contributed by atoms with Crippen molar-refractivity contribution in [2.75, 3.05) is 25.4 Å². The number of rotatable bonds is 6. The fraction of sp³-hybridized carbons (Fsp3) is 0.529. The number of thioether (sulfide) groups is 1. The van der Waals surface area contributed by atoms with Crippen molar-refractivity contribution in [1.29, 1.82) is 0 Å². The maximum Gasteiger partial charge on any atom is 0.224 e. The SMILES string of the molecule is CCN1C[C@@H](C(=O)NCCSc2ccc(C)cc2)CCC1=O. The molecule has 0 saturated carbocycles. The van der Waals surface area contributed by atoms with E-state index in [-0.39, 0.29) is 17.7 Å². The summed E-state index contributed by atoms with van der Waals surface area (Å²) in [6.07, 6.45) is 1.16. The first-order valence-corrected chi connectivity index (χ1v) is 8.83. The first-order chi connectivity index (χ1) is 10.6. The van der Waals surface area contributed by atoms with Crippen LogP contribution in [0.15, 0.2) is 29.2 Å². The van der Waals surface area contributed by atoms with E-state index in [0.717, 1.165) is 5.75 Å². The quantitative estimate of drug-likeness (QED) is 0.647. The molecule has 1 saturated heterocycles. The van der Waals surface area contributed by atoms with Gasteiger partial charge < -0.3 is 10.2 Å². The second kappa shape index (κ2) is 8.22. The summed E-state index contributed by atoms with van der Waals surface area (Å²) < 4.78 is 0. The third-order valence-electron chi connectivity index (χ3n) is 3.94. The average Bonchev–Trinajstić information content (AvgIpc) is 2.53. The molecule has 22 heavy (non-hydrogen) atoms. The normalized spacial score (nSPS) is 18.4. The Bertz CT molecular complexity index is 516. The van der Waals surface area contributed by atoms with Crippen LogP contribution in [0.4, 0.5) is 0 Å². The van der Waals surface area contributed by atoms with Crippen molar-refractivity contribution in [3.8, 4) is 0 Å². The van der Waals surface area contributed by atoms with Gasteiger partial charge in [0.1, 0.15) is 0 Å². The van der Waals surface area contributed by atoms with E-state index in [1.165, 1.54) is 10.5 Å². The number of aryl methyl sites for hydroxylation is 1. The zero-order chi connectivity index (χ0) is 15.9. The lowest BCUT2D eigenvalue weighted by Gasteiger charge is -2.31. The predicted octanol–water partition coefficient (Wildman–Crippen LogP) is 2.46. The number of benzene rings is 1. The van der Waals surface area contributed by atoms with Crippen molar-refractivity contribution in [2.24, 2.45) is 5.92 Å². The van der Waals surface area contributed by atoms with Crippen LogP contribution in [-0.4, -0.2) is 42.1 Å². The molecule has 1 aliphatic rings. The lowest BCUT2D eigenvalue weighted by molar-refractivity contribution is -0.138. The molecule has 120 valence electrons. The van der Waals surface area contributed by atoms with E-state index >= 15 is 0 Å². The Kier molecular flexibility index (Phi) is 6.31. The van der Waals surface area contributed by atoms with Gasteiger partial charge in [0.05, 0.1) is 5.92 Å². The Labute approximate surface area is 136 Å². The van der Waals surface area contributed by atoms with E-state index in [1.54, 1.807) is 16.7 Å². The molecular weight excluding hydrogens is 296 g/mol. The molecule has 4 nitrogen and oxygen atoms in total. The highest BCUT2D eigenvalue weighted by molar-refractivity contribution is 7.99. The number of amides is 2. The van der Waals surface area contributed by atoms with Gasteiger partial charge in [-0.05, 0) is 32.4 Å². The number of piperidine rings is 1. The number of likely N-dealkylation sites (tertiary alicyclic amines) is 1. The summed E-state index contributed by atoms with van der Waals surface area (Å²) >= 11 is 1.74. The molecule has 1 aromatic carbocycles. The molecule has 0 spiro atoms. The Morgan fingerprint density at radius 2 is 2.09 bits per heavy atom. The standard InChI is InChI=1S/C17H24N2O2S/c1-3-19-12-14(6-9-16(19)20)17(21)18-10-11-22-15-7-4-13(2)5-8-15/h4-5,7-8,14H,3,6,9-12H2,1-2H3,(H,18,21)/t14-/m0/s1. The second-order valence-electron chi connectivity index (χ2n) is 5.62. The Morgan fingerprint density at radius 1 is 1.36 bits per heavy atom. The minimum absolute atomic E-state index is 0.0537. The average molecular weight is 320 g/mol. The molecule has 1 N–H and O–H groups in total. The van der Waals surface area contributed by atoms with Gasteiger partial charge in [-0.15, -0.1) is 11.8 Å². The van der Waals surface area contributed by atoms with Crippen molar-refractivity contribution in [3.05, 3.63) is 29.8 Å². The van der Waals surface area contributed by atoms with Gasteiger partial charge in [0.2, 0.25) is 11.8 Å². The molecule has 1 atom stereocenters. The fourth-order valence-corrected chi connectivity index (χ4v) is 3.32. The van der Waals surface area contributed by atoms with Crippen LogP contribution in [0.1, 0.15) is 25.3 Å². The molecule has 0 aromatic heterocycles. The Morgan fingerprint density at radius 3 is 2.77 bits per heavy atom. The summed E-state index contributed by atoms with van der Waals surface area (Å²) in [6.45, 7) is 5.94. The highest BCUT2D eigenvalue weighted by Gasteiger charge is 2.28. The molecule has 2 rings (SSSR count). The fourth-order valence-electron chi connectivity index (χ4n) is 2.56. The smallest absolute Gasteiger partial charge is 0.224 e. The van der Waals surface area contributed by atoms with Crippen molar-refractivity contribution < 1.29 is 9.59 Å². The van der Waals surface area contributed by atoms with Crippen LogP contribution in [-0.2, 0) is 9.59 Å². The van der Waals surface area contributed by atoms with Gasteiger partial charge in [0.25, 0.3) is 0 Å². The van der Waals surface area contributed by atoms with Crippen molar-refractivity contribution in [1.82, 2.24) is 10.2 Å². The van der Waals surface area contributed by atoms with Crippen LogP contribution in [0.25, 0.3) is 0 Å². The first-order valence-electron chi connectivity index (χ1n) is 7.85. The minimum Gasteiger partial charge on any atom is -0.355 e. The topological polar surface area (TPSA) is 49.4 Å². The molecule has 0 aliphatic carbocycles. The number of hydrogen-bond donors (Lipinski definition) is 1. The van der Waals surface area contributed by atoms with Crippen molar-refractivity contribution in [3.63, 3.8) is 0 Å². The van der Waals surface area contributed by atoms with Crippen LogP contribution < -0.4 is 5.32 Å². The maximum absolute atomic E-state index is 12.2. The summed E-state index contributed by atoms with van der Waals surface area (Å²) in [5, 5.41) is 3.00. The predicted molar refractivity (Wildman–Crippen MR) is 89.9 cm³/mol. The molecule has 0 radical (unpaired) electrons. The molecule has 2 amide bonds. The van der Waals surface area contributed by atoms with E-state index in [1.807, 2.05) is 6.92 Å². The van der Waals surface area contributed by atoms with Crippen LogP contribution in [0.5, 0.6) is 0 Å². The zero-order valence-corrected chi connectivity index (χ0v) is 14.1. The van der Waals surface area contributed by atoms with E-state index < -0.39 is 0 Å². The maximum atomic E-state index is 12.2. The number of hydrogen-bond acceptors (Lipinski definition) is 3. The van der Waals surface area contributed by atoms with Crippen LogP contribution >= 0.6 is 11.8 Å². The summed E-state index contributed by atoms with van der Waals surface area (Å²) in [5.41, 5.74) is 1.25. The van der Waals surface area contributed by atoms with Gasteiger partial charge in [0.15, 0.2) is 0 Å². The minimum atomic E-state index is -0.0537. The molecule has 1 fully saturated rings. The monoisotopic (exact) mass is 320 g/mol. The van der Waals surface area contributed by atoms with E-state index in [2.05, 4.69) is 36.5 Å². The Balaban J connectivity index is 1.69. The lowest BCUT2D eigenvalue weighted by Crippen LogP contribution is -2.45. The first kappa shape index (κ1) is 16.9. The summed E-state index contributed by atoms with van der Waals surface area (Å²) in [6, 6.07) is 8.40. The van der Waals surface area contributed by atoms with Crippen molar-refractivity contribution in [2.45, 2.75) is 31.6 Å². The Hall–Kier alpha value is -1.49. The number of nitrogens with zero attached hydrogens (tertiary/aromatic N) is 1. The third kappa shape index (κ3) is 4.77. The molecule has 0 bridgehead atoms. The van der Waals surface area contributed by atoms with E-state index in [0.29, 0.717) is 32.5 Å². The van der Waals surface area contributed by atoms with Gasteiger partial charge in [-0.1, -0.05) is 17.7 Å². The number of carbonyl (C=O) groups excluding carboxylic acids is 2. The third-order valence-corrected chi connectivity index (χ3v) is 4.96. The number of carbonyl (C=O) groups is 2. The van der Waals surface area contributed by atoms with Gasteiger partial charge in [-0.2, -0.15) is 0 Å². The molecular formula is C17H24N2O2S. The number of nitrogens with one attached hydrogen (secondary N) is 1. The van der Waals surface area contributed by atoms with Crippen LogP contribution in [0.2, 0.25) is 0 Å². The second-order valence-corrected chi connectivity index (χ2v) is 6.79. The van der Waals surface area contributed by atoms with Crippen LogP contribution in [0.3, 0.4) is 0 Å². The summed E-state index contributed by atoms with van der Waals surface area (Å²) in [5.74, 6) is 1.05. The van der Waals surface area contributed by atoms with Crippen LogP contribution in [0, 0.1) is 12.8 Å². The van der Waals surface area contributed by atoms with Gasteiger partial charge >= 0.3 is 0 Å². The van der Waals surface area contributed by atoms with E-state index in [9.17, 15) is 9.59 Å². The lowest BCUT2D eigenvalue weighted by atomic mass is 9.97. The van der Waals surface area contributed by atoms with Gasteiger partial charge in [-0.3, -0.25) is 9.59 Å². The van der Waals surface area contributed by atoms with Gasteiger partial charge in [0, 0.05) is 36.7 Å². The highest BCUT2D eigenvalue weighted by atomic mass is 32.2.